The topological polar surface area (TPSA) is 119 Å². The fraction of sp³-hybridized carbons (Fsp3) is 0.208. The Hall–Kier alpha value is -3.92. The van der Waals surface area contributed by atoms with Crippen LogP contribution < -0.4 is 9.46 Å². The van der Waals surface area contributed by atoms with Gasteiger partial charge in [-0.05, 0) is 48.7 Å². The maximum Gasteiger partial charge on any atom is 0.271 e. The van der Waals surface area contributed by atoms with Gasteiger partial charge in [0, 0.05) is 24.2 Å². The lowest BCUT2D eigenvalue weighted by Crippen LogP contribution is -2.30. The number of hydrogen-bond donors (Lipinski definition) is 1. The predicted octanol–water partition coefficient (Wildman–Crippen LogP) is 4.38. The molecule has 9 nitrogen and oxygen atoms in total. The number of nitro groups is 1. The minimum atomic E-state index is -4.08. The quantitative estimate of drug-likeness (QED) is 0.395. The molecule has 1 fully saturated rings. The number of carbonyl (C=O) groups is 1. The van der Waals surface area contributed by atoms with E-state index in [1.165, 1.54) is 43.5 Å². The van der Waals surface area contributed by atoms with Gasteiger partial charge in [0.05, 0.1) is 28.7 Å². The number of nitro benzene ring substituents is 1. The maximum atomic E-state index is 13.1. The van der Waals surface area contributed by atoms with Gasteiger partial charge in [0.1, 0.15) is 5.75 Å². The van der Waals surface area contributed by atoms with Gasteiger partial charge in [-0.25, -0.2) is 8.42 Å². The van der Waals surface area contributed by atoms with Crippen LogP contribution in [0.25, 0.3) is 0 Å². The summed E-state index contributed by atoms with van der Waals surface area (Å²) in [5.41, 5.74) is 1.12. The van der Waals surface area contributed by atoms with Crippen LogP contribution in [0.4, 0.5) is 11.4 Å². The van der Waals surface area contributed by atoms with Crippen LogP contribution in [0, 0.1) is 10.1 Å². The van der Waals surface area contributed by atoms with E-state index in [1.54, 1.807) is 0 Å². The van der Waals surface area contributed by atoms with E-state index in [2.05, 4.69) is 4.72 Å². The summed E-state index contributed by atoms with van der Waals surface area (Å²) in [6.07, 6.45) is 1.77. The number of rotatable bonds is 7. The lowest BCUT2D eigenvalue weighted by molar-refractivity contribution is -0.384. The van der Waals surface area contributed by atoms with E-state index >= 15 is 0 Å². The number of likely N-dealkylation sites (tertiary alicyclic amines) is 1. The Kier molecular flexibility index (Phi) is 6.51. The molecular weight excluding hydrogens is 458 g/mol. The summed E-state index contributed by atoms with van der Waals surface area (Å²) in [5, 5.41) is 11.1. The fourth-order valence-corrected chi connectivity index (χ4v) is 5.13. The van der Waals surface area contributed by atoms with Gasteiger partial charge in [-0.2, -0.15) is 0 Å². The zero-order valence-corrected chi connectivity index (χ0v) is 19.2. The molecule has 3 aromatic carbocycles. The number of nitrogens with one attached hydrogen (secondary N) is 1. The smallest absolute Gasteiger partial charge is 0.271 e. The molecule has 1 aliphatic rings. The third kappa shape index (κ3) is 4.72. The van der Waals surface area contributed by atoms with Gasteiger partial charge in [0.2, 0.25) is 0 Å². The molecule has 0 saturated carbocycles. The van der Waals surface area contributed by atoms with Crippen LogP contribution in [0.2, 0.25) is 0 Å². The van der Waals surface area contributed by atoms with Crippen molar-refractivity contribution < 1.29 is 22.9 Å². The Morgan fingerprint density at radius 1 is 1.09 bits per heavy atom. The van der Waals surface area contributed by atoms with E-state index in [0.717, 1.165) is 24.5 Å². The van der Waals surface area contributed by atoms with Crippen LogP contribution in [-0.4, -0.2) is 37.8 Å². The maximum absolute atomic E-state index is 13.1. The fourth-order valence-electron chi connectivity index (χ4n) is 4.07. The zero-order valence-electron chi connectivity index (χ0n) is 18.4. The number of nitrogens with zero attached hydrogens (tertiary/aromatic N) is 2. The SMILES string of the molecule is COc1ccc([N+](=O)[O-])cc1NS(=O)(=O)c1ccc(C(=O)N2CCC[C@H]2c2ccccc2)cc1. The van der Waals surface area contributed by atoms with Gasteiger partial charge < -0.3 is 9.64 Å². The second-order valence-electron chi connectivity index (χ2n) is 7.84. The number of anilines is 1. The van der Waals surface area contributed by atoms with Crippen molar-refractivity contribution in [1.82, 2.24) is 4.90 Å². The van der Waals surface area contributed by atoms with Crippen molar-refractivity contribution in [3.05, 3.63) is 94.0 Å². The van der Waals surface area contributed by atoms with Gasteiger partial charge in [0.25, 0.3) is 21.6 Å². The summed E-state index contributed by atoms with van der Waals surface area (Å²) in [7, 11) is -2.75. The van der Waals surface area contributed by atoms with E-state index in [4.69, 9.17) is 4.74 Å². The average molecular weight is 482 g/mol. The number of ether oxygens (including phenoxy) is 1. The molecule has 1 amide bonds. The normalized spacial score (nSPS) is 15.7. The van der Waals surface area contributed by atoms with Crippen molar-refractivity contribution >= 4 is 27.3 Å². The molecule has 3 aromatic rings. The van der Waals surface area contributed by atoms with Crippen molar-refractivity contribution in [2.24, 2.45) is 0 Å². The van der Waals surface area contributed by atoms with Crippen molar-refractivity contribution in [2.45, 2.75) is 23.8 Å². The number of non-ortho nitro benzene ring substituents is 1. The summed E-state index contributed by atoms with van der Waals surface area (Å²) in [4.78, 5) is 25.3. The Balaban J connectivity index is 1.55. The number of hydrogen-bond acceptors (Lipinski definition) is 6. The van der Waals surface area contributed by atoms with Crippen LogP contribution in [0.1, 0.15) is 34.8 Å². The Morgan fingerprint density at radius 2 is 1.79 bits per heavy atom. The highest BCUT2D eigenvalue weighted by atomic mass is 32.2. The number of sulfonamides is 1. The lowest BCUT2D eigenvalue weighted by atomic mass is 10.0. The largest absolute Gasteiger partial charge is 0.495 e. The second-order valence-corrected chi connectivity index (χ2v) is 9.52. The van der Waals surface area contributed by atoms with E-state index in [9.17, 15) is 23.3 Å². The molecule has 1 heterocycles. The third-order valence-corrected chi connectivity index (χ3v) is 7.13. The van der Waals surface area contributed by atoms with Gasteiger partial charge in [-0.3, -0.25) is 19.6 Å². The van der Waals surface area contributed by atoms with Gasteiger partial charge in [0.15, 0.2) is 0 Å². The lowest BCUT2D eigenvalue weighted by Gasteiger charge is -2.25. The van der Waals surface area contributed by atoms with Gasteiger partial charge in [-0.1, -0.05) is 30.3 Å². The molecule has 10 heteroatoms. The van der Waals surface area contributed by atoms with Crippen molar-refractivity contribution in [3.63, 3.8) is 0 Å². The van der Waals surface area contributed by atoms with Crippen LogP contribution in [0.5, 0.6) is 5.75 Å². The van der Waals surface area contributed by atoms with Crippen molar-refractivity contribution in [1.29, 1.82) is 0 Å². The molecule has 0 radical (unpaired) electrons. The van der Waals surface area contributed by atoms with E-state index < -0.39 is 14.9 Å². The van der Waals surface area contributed by atoms with E-state index in [0.29, 0.717) is 12.1 Å². The highest BCUT2D eigenvalue weighted by Crippen LogP contribution is 2.34. The van der Waals surface area contributed by atoms with E-state index in [-0.39, 0.29) is 34.0 Å². The molecule has 176 valence electrons. The van der Waals surface area contributed by atoms with Crippen molar-refractivity contribution in [3.8, 4) is 5.75 Å². The summed E-state index contributed by atoms with van der Waals surface area (Å²) in [6.45, 7) is 0.632. The van der Waals surface area contributed by atoms with Crippen LogP contribution in [0.15, 0.2) is 77.7 Å². The van der Waals surface area contributed by atoms with E-state index in [1.807, 2.05) is 35.2 Å². The molecule has 0 bridgehead atoms. The molecule has 34 heavy (non-hydrogen) atoms. The van der Waals surface area contributed by atoms with Gasteiger partial charge >= 0.3 is 0 Å². The summed E-state index contributed by atoms with van der Waals surface area (Å²) in [5.74, 6) is -0.0226. The first kappa shape index (κ1) is 23.2. The highest BCUT2D eigenvalue weighted by Gasteiger charge is 2.30. The highest BCUT2D eigenvalue weighted by molar-refractivity contribution is 7.92. The number of methoxy groups -OCH3 is 1. The molecule has 1 N–H and O–H groups in total. The molecular formula is C24H23N3O6S. The molecule has 1 saturated heterocycles. The molecule has 4 rings (SSSR count). The average Bonchev–Trinajstić information content (AvgIpc) is 3.34. The summed E-state index contributed by atoms with van der Waals surface area (Å²) in [6, 6.07) is 19.1. The molecule has 0 aliphatic carbocycles. The van der Waals surface area contributed by atoms with Crippen LogP contribution in [0.3, 0.4) is 0 Å². The molecule has 0 aromatic heterocycles. The first-order valence-corrected chi connectivity index (χ1v) is 12.1. The first-order valence-electron chi connectivity index (χ1n) is 10.6. The minimum absolute atomic E-state index is 0.0138. The first-order chi connectivity index (χ1) is 16.3. The molecule has 1 aliphatic heterocycles. The predicted molar refractivity (Wildman–Crippen MR) is 126 cm³/mol. The summed E-state index contributed by atoms with van der Waals surface area (Å²) < 4.78 is 33.2. The number of benzene rings is 3. The number of carbonyl (C=O) groups excluding carboxylic acids is 1. The van der Waals surface area contributed by atoms with Gasteiger partial charge in [-0.15, -0.1) is 0 Å². The Labute approximate surface area is 197 Å². The standard InChI is InChI=1S/C24H23N3O6S/c1-33-23-14-11-19(27(29)30)16-21(23)25-34(31,32)20-12-9-18(10-13-20)24(28)26-15-5-8-22(26)17-6-3-2-4-7-17/h2-4,6-7,9-14,16,22,25H,5,8,15H2,1H3/t22-/m0/s1. The van der Waals surface area contributed by atoms with Crippen LogP contribution >= 0.6 is 0 Å². The van der Waals surface area contributed by atoms with Crippen LogP contribution in [-0.2, 0) is 10.0 Å². The van der Waals surface area contributed by atoms with Crippen molar-refractivity contribution in [2.75, 3.05) is 18.4 Å². The zero-order chi connectivity index (χ0) is 24.3. The minimum Gasteiger partial charge on any atom is -0.495 e. The molecule has 0 spiro atoms. The summed E-state index contributed by atoms with van der Waals surface area (Å²) >= 11 is 0. The second kappa shape index (κ2) is 9.52. The monoisotopic (exact) mass is 481 g/mol. The number of amides is 1. The molecule has 1 atom stereocenters. The Morgan fingerprint density at radius 3 is 2.44 bits per heavy atom. The third-order valence-electron chi connectivity index (χ3n) is 5.75. The molecule has 0 unspecified atom stereocenters. The Bertz CT molecular complexity index is 1310.